The van der Waals surface area contributed by atoms with Gasteiger partial charge in [-0.1, -0.05) is 48.5 Å². The van der Waals surface area contributed by atoms with Crippen molar-refractivity contribution in [2.75, 3.05) is 17.3 Å². The summed E-state index contributed by atoms with van der Waals surface area (Å²) in [5.41, 5.74) is 8.59. The number of thioether (sulfide) groups is 1. The van der Waals surface area contributed by atoms with Crippen LogP contribution in [0, 0.1) is 6.92 Å². The van der Waals surface area contributed by atoms with Crippen LogP contribution in [0.15, 0.2) is 77.7 Å². The largest absolute Gasteiger partial charge is 0.483 e. The molecule has 0 aliphatic carbocycles. The van der Waals surface area contributed by atoms with E-state index in [0.717, 1.165) is 27.5 Å². The van der Waals surface area contributed by atoms with E-state index in [2.05, 4.69) is 0 Å². The highest BCUT2D eigenvalue weighted by Crippen LogP contribution is 2.43. The number of rotatable bonds is 5. The number of amides is 2. The Balaban J connectivity index is 1.64. The standard InChI is InChI=1S/C24H22N2O3S/c1-16-11-12-18(24(25)28)21(13-16)29-14-23(27)26-19-9-5-6-10-22(19)30-15-20(26)17-7-3-2-4-8-17/h2-13,20H,14-15H2,1H3,(H2,25,28). The van der Waals surface area contributed by atoms with Crippen molar-refractivity contribution in [1.82, 2.24) is 0 Å². The minimum atomic E-state index is -0.584. The molecule has 3 aromatic rings. The molecule has 1 unspecified atom stereocenters. The van der Waals surface area contributed by atoms with Crippen LogP contribution in [0.25, 0.3) is 0 Å². The van der Waals surface area contributed by atoms with E-state index in [1.165, 1.54) is 0 Å². The molecule has 6 heteroatoms. The van der Waals surface area contributed by atoms with Gasteiger partial charge in [0.05, 0.1) is 17.3 Å². The third kappa shape index (κ3) is 4.04. The molecule has 152 valence electrons. The van der Waals surface area contributed by atoms with Crippen LogP contribution in [-0.4, -0.2) is 24.2 Å². The normalized spacial score (nSPS) is 15.4. The smallest absolute Gasteiger partial charge is 0.265 e. The Bertz CT molecular complexity index is 1080. The summed E-state index contributed by atoms with van der Waals surface area (Å²) in [5.74, 6) is 0.323. The predicted octanol–water partition coefficient (Wildman–Crippen LogP) is 4.35. The molecule has 0 radical (unpaired) electrons. The van der Waals surface area contributed by atoms with Crippen LogP contribution in [0.2, 0.25) is 0 Å². The number of carbonyl (C=O) groups excluding carboxylic acids is 2. The summed E-state index contributed by atoms with van der Waals surface area (Å²) in [6.45, 7) is 1.70. The minimum Gasteiger partial charge on any atom is -0.483 e. The van der Waals surface area contributed by atoms with Gasteiger partial charge in [0.25, 0.3) is 11.8 Å². The number of nitrogens with zero attached hydrogens (tertiary/aromatic N) is 1. The number of nitrogens with two attached hydrogens (primary N) is 1. The van der Waals surface area contributed by atoms with Gasteiger partial charge in [-0.3, -0.25) is 14.5 Å². The highest BCUT2D eigenvalue weighted by atomic mass is 32.2. The predicted molar refractivity (Wildman–Crippen MR) is 119 cm³/mol. The van der Waals surface area contributed by atoms with Crippen molar-refractivity contribution in [3.8, 4) is 5.75 Å². The van der Waals surface area contributed by atoms with E-state index in [-0.39, 0.29) is 24.1 Å². The second kappa shape index (κ2) is 8.63. The van der Waals surface area contributed by atoms with E-state index in [1.807, 2.05) is 61.5 Å². The molecule has 30 heavy (non-hydrogen) atoms. The SMILES string of the molecule is Cc1ccc(C(N)=O)c(OCC(=O)N2c3ccccc3SCC2c2ccccc2)c1. The fraction of sp³-hybridized carbons (Fsp3) is 0.167. The molecule has 0 saturated carbocycles. The molecular weight excluding hydrogens is 396 g/mol. The summed E-state index contributed by atoms with van der Waals surface area (Å²) < 4.78 is 5.79. The quantitative estimate of drug-likeness (QED) is 0.668. The molecule has 2 amide bonds. The van der Waals surface area contributed by atoms with E-state index in [9.17, 15) is 9.59 Å². The summed E-state index contributed by atoms with van der Waals surface area (Å²) in [5, 5.41) is 0. The molecule has 5 nitrogen and oxygen atoms in total. The van der Waals surface area contributed by atoms with Crippen LogP contribution in [0.3, 0.4) is 0 Å². The lowest BCUT2D eigenvalue weighted by molar-refractivity contribution is -0.121. The van der Waals surface area contributed by atoms with Crippen molar-refractivity contribution >= 4 is 29.3 Å². The molecule has 1 aliphatic heterocycles. The summed E-state index contributed by atoms with van der Waals surface area (Å²) in [4.78, 5) is 28.0. The molecule has 2 N–H and O–H groups in total. The number of hydrogen-bond acceptors (Lipinski definition) is 4. The van der Waals surface area contributed by atoms with Gasteiger partial charge >= 0.3 is 0 Å². The third-order valence-electron chi connectivity index (χ3n) is 5.04. The van der Waals surface area contributed by atoms with E-state index in [0.29, 0.717) is 5.75 Å². The number of benzene rings is 3. The van der Waals surface area contributed by atoms with Crippen molar-refractivity contribution < 1.29 is 14.3 Å². The van der Waals surface area contributed by atoms with Crippen molar-refractivity contribution in [3.63, 3.8) is 0 Å². The van der Waals surface area contributed by atoms with Gasteiger partial charge in [0.2, 0.25) is 0 Å². The van der Waals surface area contributed by atoms with Gasteiger partial charge in [-0.2, -0.15) is 0 Å². The highest BCUT2D eigenvalue weighted by Gasteiger charge is 2.32. The lowest BCUT2D eigenvalue weighted by Crippen LogP contribution is -2.41. The first-order chi connectivity index (χ1) is 14.5. The van der Waals surface area contributed by atoms with Crippen LogP contribution in [0.5, 0.6) is 5.75 Å². The number of anilines is 1. The molecule has 0 aromatic heterocycles. The number of fused-ring (bicyclic) bond motifs is 1. The minimum absolute atomic E-state index is 0.102. The van der Waals surface area contributed by atoms with Gasteiger partial charge in [-0.15, -0.1) is 11.8 Å². The first kappa shape index (κ1) is 20.0. The Hall–Kier alpha value is -3.25. The summed E-state index contributed by atoms with van der Waals surface area (Å²) >= 11 is 1.74. The van der Waals surface area contributed by atoms with Gasteiger partial charge < -0.3 is 10.5 Å². The fourth-order valence-electron chi connectivity index (χ4n) is 3.58. The zero-order chi connectivity index (χ0) is 21.1. The van der Waals surface area contributed by atoms with Crippen molar-refractivity contribution in [2.24, 2.45) is 5.73 Å². The number of hydrogen-bond donors (Lipinski definition) is 1. The van der Waals surface area contributed by atoms with Gasteiger partial charge in [-0.05, 0) is 42.3 Å². The molecule has 0 fully saturated rings. The fourth-order valence-corrected chi connectivity index (χ4v) is 4.75. The van der Waals surface area contributed by atoms with E-state index in [1.54, 1.807) is 34.9 Å². The lowest BCUT2D eigenvalue weighted by atomic mass is 10.1. The second-order valence-electron chi connectivity index (χ2n) is 7.12. The average molecular weight is 419 g/mol. The summed E-state index contributed by atoms with van der Waals surface area (Å²) in [7, 11) is 0. The van der Waals surface area contributed by atoms with Crippen LogP contribution >= 0.6 is 11.8 Å². The van der Waals surface area contributed by atoms with E-state index < -0.39 is 5.91 Å². The van der Waals surface area contributed by atoms with Gasteiger partial charge in [0, 0.05) is 10.6 Å². The molecule has 4 rings (SSSR count). The Kier molecular flexibility index (Phi) is 5.77. The molecule has 3 aromatic carbocycles. The Labute approximate surface area is 179 Å². The first-order valence-electron chi connectivity index (χ1n) is 9.66. The highest BCUT2D eigenvalue weighted by molar-refractivity contribution is 7.99. The van der Waals surface area contributed by atoms with Crippen LogP contribution in [-0.2, 0) is 4.79 Å². The number of ether oxygens (including phenoxy) is 1. The van der Waals surface area contributed by atoms with Gasteiger partial charge in [-0.25, -0.2) is 0 Å². The monoisotopic (exact) mass is 418 g/mol. The summed E-state index contributed by atoms with van der Waals surface area (Å²) in [6, 6.07) is 22.9. The van der Waals surface area contributed by atoms with E-state index >= 15 is 0 Å². The Morgan fingerprint density at radius 2 is 1.80 bits per heavy atom. The van der Waals surface area contributed by atoms with Crippen LogP contribution in [0.1, 0.15) is 27.5 Å². The average Bonchev–Trinajstić information content (AvgIpc) is 2.77. The number of primary amides is 1. The molecule has 1 heterocycles. The van der Waals surface area contributed by atoms with E-state index in [4.69, 9.17) is 10.5 Å². The van der Waals surface area contributed by atoms with Crippen molar-refractivity contribution in [2.45, 2.75) is 17.9 Å². The molecule has 1 aliphatic rings. The Morgan fingerprint density at radius 1 is 1.07 bits per heavy atom. The van der Waals surface area contributed by atoms with Crippen molar-refractivity contribution in [1.29, 1.82) is 0 Å². The molecular formula is C24H22N2O3S. The molecule has 0 bridgehead atoms. The molecule has 1 atom stereocenters. The maximum atomic E-state index is 13.4. The van der Waals surface area contributed by atoms with Crippen LogP contribution < -0.4 is 15.4 Å². The zero-order valence-electron chi connectivity index (χ0n) is 16.6. The molecule has 0 saturated heterocycles. The number of carbonyl (C=O) groups is 2. The second-order valence-corrected chi connectivity index (χ2v) is 8.18. The maximum Gasteiger partial charge on any atom is 0.265 e. The maximum absolute atomic E-state index is 13.4. The topological polar surface area (TPSA) is 72.6 Å². The Morgan fingerprint density at radius 3 is 2.57 bits per heavy atom. The lowest BCUT2D eigenvalue weighted by Gasteiger charge is -2.37. The van der Waals surface area contributed by atoms with Gasteiger partial charge in [0.1, 0.15) is 5.75 Å². The zero-order valence-corrected chi connectivity index (χ0v) is 17.4. The number of aryl methyl sites for hydroxylation is 1. The summed E-state index contributed by atoms with van der Waals surface area (Å²) in [6.07, 6.45) is 0. The number of para-hydroxylation sites is 1. The van der Waals surface area contributed by atoms with Gasteiger partial charge in [0.15, 0.2) is 6.61 Å². The first-order valence-corrected chi connectivity index (χ1v) is 10.7. The van der Waals surface area contributed by atoms with Crippen molar-refractivity contribution in [3.05, 3.63) is 89.5 Å². The van der Waals surface area contributed by atoms with Crippen LogP contribution in [0.4, 0.5) is 5.69 Å². The third-order valence-corrected chi connectivity index (χ3v) is 6.18. The molecule has 0 spiro atoms.